The van der Waals surface area contributed by atoms with E-state index in [4.69, 9.17) is 4.42 Å². The molecule has 0 saturated carbocycles. The molecule has 1 amide bonds. The Morgan fingerprint density at radius 1 is 1.19 bits per heavy atom. The number of pyridine rings is 1. The van der Waals surface area contributed by atoms with Gasteiger partial charge in [-0.05, 0) is 29.6 Å². The zero-order valence-electron chi connectivity index (χ0n) is 11.3. The fourth-order valence-corrected chi connectivity index (χ4v) is 2.79. The van der Waals surface area contributed by atoms with E-state index in [1.807, 2.05) is 28.5 Å². The van der Waals surface area contributed by atoms with Gasteiger partial charge in [-0.25, -0.2) is 0 Å². The fourth-order valence-electron chi connectivity index (χ4n) is 2.07. The lowest BCUT2D eigenvalue weighted by Crippen LogP contribution is -2.29. The highest BCUT2D eigenvalue weighted by molar-refractivity contribution is 7.09. The summed E-state index contributed by atoms with van der Waals surface area (Å²) in [6.45, 7) is 1.11. The van der Waals surface area contributed by atoms with Crippen molar-refractivity contribution < 1.29 is 9.21 Å². The monoisotopic (exact) mass is 298 g/mol. The number of rotatable bonds is 5. The van der Waals surface area contributed by atoms with Gasteiger partial charge in [0.05, 0.1) is 19.1 Å². The Labute approximate surface area is 126 Å². The molecule has 0 aliphatic carbocycles. The van der Waals surface area contributed by atoms with Crippen LogP contribution in [0.1, 0.15) is 20.8 Å². The third-order valence-corrected chi connectivity index (χ3v) is 3.96. The molecule has 3 aromatic heterocycles. The number of hydrogen-bond donors (Lipinski definition) is 0. The molecular formula is C16H14N2O2S. The molecule has 5 heteroatoms. The SMILES string of the molecule is O=C(c1ccncc1)N(Cc1ccoc1)Cc1cccs1. The van der Waals surface area contributed by atoms with Crippen molar-refractivity contribution in [3.05, 3.63) is 76.6 Å². The van der Waals surface area contributed by atoms with Crippen molar-refractivity contribution in [2.45, 2.75) is 13.1 Å². The highest BCUT2D eigenvalue weighted by Crippen LogP contribution is 2.17. The number of thiophene rings is 1. The van der Waals surface area contributed by atoms with E-state index in [1.165, 1.54) is 0 Å². The number of carbonyl (C=O) groups excluding carboxylic acids is 1. The number of furan rings is 1. The normalized spacial score (nSPS) is 10.5. The summed E-state index contributed by atoms with van der Waals surface area (Å²) in [6.07, 6.45) is 6.56. The van der Waals surface area contributed by atoms with Crippen molar-refractivity contribution in [3.8, 4) is 0 Å². The van der Waals surface area contributed by atoms with E-state index in [-0.39, 0.29) is 5.91 Å². The Kier molecular flexibility index (Phi) is 4.12. The van der Waals surface area contributed by atoms with Crippen molar-refractivity contribution in [1.82, 2.24) is 9.88 Å². The molecule has 0 atom stereocenters. The van der Waals surface area contributed by atoms with E-state index in [1.54, 1.807) is 48.4 Å². The summed E-state index contributed by atoms with van der Waals surface area (Å²) in [7, 11) is 0. The number of aromatic nitrogens is 1. The molecule has 0 radical (unpaired) electrons. The van der Waals surface area contributed by atoms with Crippen LogP contribution in [0.5, 0.6) is 0 Å². The van der Waals surface area contributed by atoms with Gasteiger partial charge in [0.25, 0.3) is 5.91 Å². The maximum atomic E-state index is 12.7. The summed E-state index contributed by atoms with van der Waals surface area (Å²) in [6, 6.07) is 9.37. The van der Waals surface area contributed by atoms with Gasteiger partial charge in [0.15, 0.2) is 0 Å². The van der Waals surface area contributed by atoms with Crippen LogP contribution in [0.25, 0.3) is 0 Å². The summed E-state index contributed by atoms with van der Waals surface area (Å²) in [5.41, 5.74) is 1.62. The lowest BCUT2D eigenvalue weighted by Gasteiger charge is -2.21. The van der Waals surface area contributed by atoms with Gasteiger partial charge >= 0.3 is 0 Å². The van der Waals surface area contributed by atoms with Crippen molar-refractivity contribution in [3.63, 3.8) is 0 Å². The van der Waals surface area contributed by atoms with Crippen LogP contribution in [0.2, 0.25) is 0 Å². The number of hydrogen-bond acceptors (Lipinski definition) is 4. The van der Waals surface area contributed by atoms with Crippen molar-refractivity contribution in [1.29, 1.82) is 0 Å². The Morgan fingerprint density at radius 2 is 2.05 bits per heavy atom. The van der Waals surface area contributed by atoms with Crippen LogP contribution in [0.4, 0.5) is 0 Å². The summed E-state index contributed by atoms with van der Waals surface area (Å²) in [5.74, 6) is -0.00741. The minimum atomic E-state index is -0.00741. The van der Waals surface area contributed by atoms with Crippen LogP contribution in [0.15, 0.2) is 65.0 Å². The van der Waals surface area contributed by atoms with E-state index in [0.717, 1.165) is 10.4 Å². The topological polar surface area (TPSA) is 46.3 Å². The second-order valence-electron chi connectivity index (χ2n) is 4.61. The van der Waals surface area contributed by atoms with Gasteiger partial charge in [-0.1, -0.05) is 6.07 Å². The van der Waals surface area contributed by atoms with Gasteiger partial charge in [0.2, 0.25) is 0 Å². The van der Waals surface area contributed by atoms with Gasteiger partial charge in [0, 0.05) is 34.9 Å². The maximum absolute atomic E-state index is 12.7. The van der Waals surface area contributed by atoms with Crippen molar-refractivity contribution in [2.24, 2.45) is 0 Å². The summed E-state index contributed by atoms with van der Waals surface area (Å²) < 4.78 is 5.09. The highest BCUT2D eigenvalue weighted by Gasteiger charge is 2.17. The molecule has 3 aromatic rings. The van der Waals surface area contributed by atoms with Gasteiger partial charge < -0.3 is 9.32 Å². The standard InChI is InChI=1S/C16H14N2O2S/c19-16(14-3-6-17-7-4-14)18(10-13-5-8-20-12-13)11-15-2-1-9-21-15/h1-9,12H,10-11H2. The molecular weight excluding hydrogens is 284 g/mol. The Hall–Kier alpha value is -2.40. The Balaban J connectivity index is 1.82. The quantitative estimate of drug-likeness (QED) is 0.723. The molecule has 0 N–H and O–H groups in total. The van der Waals surface area contributed by atoms with Crippen LogP contribution in [-0.2, 0) is 13.1 Å². The van der Waals surface area contributed by atoms with Crippen molar-refractivity contribution in [2.75, 3.05) is 0 Å². The number of carbonyl (C=O) groups is 1. The average Bonchev–Trinajstić information content (AvgIpc) is 3.20. The first-order valence-corrected chi connectivity index (χ1v) is 7.43. The summed E-state index contributed by atoms with van der Waals surface area (Å²) in [5, 5.41) is 2.02. The number of amides is 1. The van der Waals surface area contributed by atoms with E-state index >= 15 is 0 Å². The molecule has 0 aliphatic rings. The van der Waals surface area contributed by atoms with Crippen LogP contribution in [-0.4, -0.2) is 15.8 Å². The zero-order valence-corrected chi connectivity index (χ0v) is 12.1. The summed E-state index contributed by atoms with van der Waals surface area (Å²) >= 11 is 1.65. The lowest BCUT2D eigenvalue weighted by molar-refractivity contribution is 0.0731. The highest BCUT2D eigenvalue weighted by atomic mass is 32.1. The number of nitrogens with zero attached hydrogens (tertiary/aromatic N) is 2. The first-order valence-electron chi connectivity index (χ1n) is 6.55. The molecule has 3 heterocycles. The summed E-state index contributed by atoms with van der Waals surface area (Å²) in [4.78, 5) is 19.6. The molecule has 0 spiro atoms. The molecule has 0 saturated heterocycles. The van der Waals surface area contributed by atoms with E-state index < -0.39 is 0 Å². The molecule has 0 aliphatic heterocycles. The van der Waals surface area contributed by atoms with Crippen LogP contribution in [0.3, 0.4) is 0 Å². The van der Waals surface area contributed by atoms with Gasteiger partial charge in [-0.3, -0.25) is 9.78 Å². The largest absolute Gasteiger partial charge is 0.472 e. The molecule has 0 bridgehead atoms. The lowest BCUT2D eigenvalue weighted by atomic mass is 10.2. The van der Waals surface area contributed by atoms with Crippen LogP contribution >= 0.6 is 11.3 Å². The van der Waals surface area contributed by atoms with Crippen LogP contribution < -0.4 is 0 Å². The Morgan fingerprint density at radius 3 is 2.71 bits per heavy atom. The second-order valence-corrected chi connectivity index (χ2v) is 5.64. The molecule has 0 unspecified atom stereocenters. The fraction of sp³-hybridized carbons (Fsp3) is 0.125. The van der Waals surface area contributed by atoms with E-state index in [2.05, 4.69) is 4.98 Å². The maximum Gasteiger partial charge on any atom is 0.254 e. The first-order chi connectivity index (χ1) is 10.3. The van der Waals surface area contributed by atoms with Gasteiger partial charge in [0.1, 0.15) is 0 Å². The molecule has 0 aromatic carbocycles. The molecule has 0 fully saturated rings. The third-order valence-electron chi connectivity index (χ3n) is 3.09. The van der Waals surface area contributed by atoms with Crippen LogP contribution in [0, 0.1) is 0 Å². The predicted molar refractivity (Wildman–Crippen MR) is 80.8 cm³/mol. The minimum absolute atomic E-state index is 0.00741. The van der Waals surface area contributed by atoms with E-state index in [9.17, 15) is 4.79 Å². The van der Waals surface area contributed by atoms with Gasteiger partial charge in [-0.15, -0.1) is 11.3 Å². The second kappa shape index (κ2) is 6.37. The van der Waals surface area contributed by atoms with Crippen molar-refractivity contribution >= 4 is 17.2 Å². The molecule has 3 rings (SSSR count). The zero-order chi connectivity index (χ0) is 14.5. The van der Waals surface area contributed by atoms with E-state index in [0.29, 0.717) is 18.7 Å². The molecule has 4 nitrogen and oxygen atoms in total. The predicted octanol–water partition coefficient (Wildman–Crippen LogP) is 3.58. The smallest absolute Gasteiger partial charge is 0.254 e. The minimum Gasteiger partial charge on any atom is -0.472 e. The Bertz CT molecular complexity index is 642. The molecule has 21 heavy (non-hydrogen) atoms. The average molecular weight is 298 g/mol. The molecule has 106 valence electrons. The van der Waals surface area contributed by atoms with Gasteiger partial charge in [-0.2, -0.15) is 0 Å². The first kappa shape index (κ1) is 13.6. The third kappa shape index (κ3) is 3.38.